The van der Waals surface area contributed by atoms with Crippen LogP contribution < -0.4 is 20.7 Å². The number of hydrogen-bond donors (Lipinski definition) is 3. The number of amides is 2. The summed E-state index contributed by atoms with van der Waals surface area (Å²) in [6.45, 7) is 2.03. The van der Waals surface area contributed by atoms with Gasteiger partial charge in [-0.25, -0.2) is 0 Å². The predicted molar refractivity (Wildman–Crippen MR) is 105 cm³/mol. The molecule has 0 aliphatic heterocycles. The maximum absolute atomic E-state index is 12.1. The Labute approximate surface area is 157 Å². The molecule has 0 spiro atoms. The van der Waals surface area contributed by atoms with Crippen LogP contribution in [-0.2, 0) is 9.59 Å². The lowest BCUT2D eigenvalue weighted by Crippen LogP contribution is -2.21. The molecule has 2 aromatic rings. The Bertz CT molecular complexity index is 780. The Morgan fingerprint density at radius 3 is 2.38 bits per heavy atom. The summed E-state index contributed by atoms with van der Waals surface area (Å²) in [4.78, 5) is 23.7. The lowest BCUT2D eigenvalue weighted by atomic mass is 10.2. The van der Waals surface area contributed by atoms with Crippen LogP contribution in [-0.4, -0.2) is 25.5 Å². The summed E-state index contributed by atoms with van der Waals surface area (Å²) in [5.41, 5.74) is 2.01. The maximum atomic E-state index is 12.1. The molecule has 6 nitrogen and oxygen atoms in total. The first-order chi connectivity index (χ1) is 12.5. The van der Waals surface area contributed by atoms with Crippen LogP contribution >= 0.6 is 11.6 Å². The fourth-order valence-corrected chi connectivity index (χ4v) is 2.55. The van der Waals surface area contributed by atoms with Crippen molar-refractivity contribution in [2.24, 2.45) is 0 Å². The number of carbonyl (C=O) groups is 2. The van der Waals surface area contributed by atoms with Gasteiger partial charge in [0.25, 0.3) is 0 Å². The average Bonchev–Trinajstić information content (AvgIpc) is 2.61. The van der Waals surface area contributed by atoms with Crippen LogP contribution in [0.1, 0.15) is 19.8 Å². The smallest absolute Gasteiger partial charge is 0.243 e. The normalized spacial score (nSPS) is 10.1. The van der Waals surface area contributed by atoms with E-state index in [1.807, 2.05) is 19.1 Å². The van der Waals surface area contributed by atoms with Gasteiger partial charge in [-0.2, -0.15) is 0 Å². The number of hydrogen-bond acceptors (Lipinski definition) is 4. The Morgan fingerprint density at radius 1 is 1.00 bits per heavy atom. The van der Waals surface area contributed by atoms with Crippen molar-refractivity contribution in [1.29, 1.82) is 0 Å². The zero-order valence-corrected chi connectivity index (χ0v) is 15.5. The molecule has 2 aromatic carbocycles. The average molecular weight is 376 g/mol. The molecule has 2 rings (SSSR count). The molecule has 0 aliphatic carbocycles. The van der Waals surface area contributed by atoms with Gasteiger partial charge in [-0.05, 0) is 42.8 Å². The van der Waals surface area contributed by atoms with E-state index in [0.717, 1.165) is 12.1 Å². The minimum Gasteiger partial charge on any atom is -0.495 e. The first-order valence-corrected chi connectivity index (χ1v) is 8.66. The SMILES string of the molecule is CCCC(=O)Nc1cccc(NCC(=O)Nc2ccc(OC)c(Cl)c2)c1. The second-order valence-electron chi connectivity index (χ2n) is 5.63. The van der Waals surface area contributed by atoms with Gasteiger partial charge in [0.15, 0.2) is 0 Å². The first-order valence-electron chi connectivity index (χ1n) is 8.29. The van der Waals surface area contributed by atoms with E-state index in [0.29, 0.717) is 28.6 Å². The summed E-state index contributed by atoms with van der Waals surface area (Å²) in [6.07, 6.45) is 1.27. The minimum absolute atomic E-state index is 0.0289. The van der Waals surface area contributed by atoms with Crippen molar-refractivity contribution < 1.29 is 14.3 Å². The molecule has 0 saturated carbocycles. The third kappa shape index (κ3) is 5.97. The van der Waals surface area contributed by atoms with Crippen LogP contribution in [0, 0.1) is 0 Å². The van der Waals surface area contributed by atoms with Crippen molar-refractivity contribution in [3.8, 4) is 5.75 Å². The fourth-order valence-electron chi connectivity index (χ4n) is 2.29. The van der Waals surface area contributed by atoms with Crippen molar-refractivity contribution in [2.75, 3.05) is 29.6 Å². The molecule has 7 heteroatoms. The molecule has 26 heavy (non-hydrogen) atoms. The minimum atomic E-state index is -0.216. The summed E-state index contributed by atoms with van der Waals surface area (Å²) in [5, 5.41) is 9.03. The summed E-state index contributed by atoms with van der Waals surface area (Å²) in [5.74, 6) is 0.301. The Balaban J connectivity index is 1.89. The van der Waals surface area contributed by atoms with E-state index in [2.05, 4.69) is 16.0 Å². The lowest BCUT2D eigenvalue weighted by Gasteiger charge is -2.11. The number of carbonyl (C=O) groups excluding carboxylic acids is 2. The van der Waals surface area contributed by atoms with Crippen LogP contribution in [0.5, 0.6) is 5.75 Å². The van der Waals surface area contributed by atoms with Gasteiger partial charge in [0, 0.05) is 23.5 Å². The van der Waals surface area contributed by atoms with Crippen LogP contribution in [0.2, 0.25) is 5.02 Å². The number of ether oxygens (including phenoxy) is 1. The highest BCUT2D eigenvalue weighted by atomic mass is 35.5. The number of anilines is 3. The molecule has 0 heterocycles. The van der Waals surface area contributed by atoms with Gasteiger partial charge >= 0.3 is 0 Å². The monoisotopic (exact) mass is 375 g/mol. The van der Waals surface area contributed by atoms with Gasteiger partial charge in [-0.15, -0.1) is 0 Å². The van der Waals surface area contributed by atoms with Gasteiger partial charge in [0.2, 0.25) is 11.8 Å². The van der Waals surface area contributed by atoms with Crippen molar-refractivity contribution in [2.45, 2.75) is 19.8 Å². The van der Waals surface area contributed by atoms with E-state index in [1.54, 1.807) is 30.3 Å². The Hall–Kier alpha value is -2.73. The molecule has 138 valence electrons. The number of rotatable bonds is 8. The van der Waals surface area contributed by atoms with Crippen LogP contribution in [0.3, 0.4) is 0 Å². The fraction of sp³-hybridized carbons (Fsp3) is 0.263. The molecule has 0 atom stereocenters. The van der Waals surface area contributed by atoms with Crippen molar-refractivity contribution in [1.82, 2.24) is 0 Å². The van der Waals surface area contributed by atoms with E-state index < -0.39 is 0 Å². The van der Waals surface area contributed by atoms with Crippen LogP contribution in [0.25, 0.3) is 0 Å². The first kappa shape index (κ1) is 19.6. The third-order valence-corrected chi connectivity index (χ3v) is 3.81. The van der Waals surface area contributed by atoms with E-state index in [1.165, 1.54) is 7.11 Å². The highest BCUT2D eigenvalue weighted by Gasteiger charge is 2.07. The van der Waals surface area contributed by atoms with Crippen LogP contribution in [0.15, 0.2) is 42.5 Å². The molecule has 0 unspecified atom stereocenters. The number of methoxy groups -OCH3 is 1. The lowest BCUT2D eigenvalue weighted by molar-refractivity contribution is -0.116. The summed E-state index contributed by atoms with van der Waals surface area (Å²) >= 11 is 6.04. The highest BCUT2D eigenvalue weighted by Crippen LogP contribution is 2.27. The third-order valence-electron chi connectivity index (χ3n) is 3.51. The van der Waals surface area contributed by atoms with Gasteiger partial charge in [-0.3, -0.25) is 9.59 Å². The van der Waals surface area contributed by atoms with Crippen molar-refractivity contribution in [3.05, 3.63) is 47.5 Å². The van der Waals surface area contributed by atoms with Crippen LogP contribution in [0.4, 0.5) is 17.1 Å². The summed E-state index contributed by atoms with van der Waals surface area (Å²) < 4.78 is 5.08. The molecule has 0 radical (unpaired) electrons. The second-order valence-corrected chi connectivity index (χ2v) is 6.04. The molecule has 2 amide bonds. The predicted octanol–water partition coefficient (Wildman–Crippen LogP) is 4.14. The summed E-state index contributed by atoms with van der Waals surface area (Å²) in [6, 6.07) is 12.3. The Kier molecular flexibility index (Phi) is 7.29. The molecule has 0 fully saturated rings. The standard InChI is InChI=1S/C19H22ClN3O3/c1-3-5-18(24)22-14-7-4-6-13(10-14)21-12-19(25)23-15-8-9-17(26-2)16(20)11-15/h4,6-11,21H,3,5,12H2,1-2H3,(H,22,24)(H,23,25). The molecular formula is C19H22ClN3O3. The zero-order chi connectivity index (χ0) is 18.9. The molecule has 0 aliphatic rings. The maximum Gasteiger partial charge on any atom is 0.243 e. The van der Waals surface area contributed by atoms with Gasteiger partial charge in [-0.1, -0.05) is 24.6 Å². The molecule has 0 saturated heterocycles. The van der Waals surface area contributed by atoms with Gasteiger partial charge < -0.3 is 20.7 Å². The topological polar surface area (TPSA) is 79.5 Å². The summed E-state index contributed by atoms with van der Waals surface area (Å²) in [7, 11) is 1.53. The molecular weight excluding hydrogens is 354 g/mol. The number of benzene rings is 2. The largest absolute Gasteiger partial charge is 0.495 e. The zero-order valence-electron chi connectivity index (χ0n) is 14.8. The van der Waals surface area contributed by atoms with E-state index in [-0.39, 0.29) is 18.4 Å². The second kappa shape index (κ2) is 9.68. The Morgan fingerprint density at radius 2 is 1.69 bits per heavy atom. The molecule has 0 aromatic heterocycles. The highest BCUT2D eigenvalue weighted by molar-refractivity contribution is 6.32. The number of halogens is 1. The van der Waals surface area contributed by atoms with Gasteiger partial charge in [0.1, 0.15) is 5.75 Å². The quantitative estimate of drug-likeness (QED) is 0.648. The van der Waals surface area contributed by atoms with Gasteiger partial charge in [0.05, 0.1) is 18.7 Å². The van der Waals surface area contributed by atoms with E-state index in [9.17, 15) is 9.59 Å². The number of nitrogens with one attached hydrogen (secondary N) is 3. The van der Waals surface area contributed by atoms with Crippen molar-refractivity contribution in [3.63, 3.8) is 0 Å². The van der Waals surface area contributed by atoms with E-state index >= 15 is 0 Å². The molecule has 3 N–H and O–H groups in total. The van der Waals surface area contributed by atoms with E-state index in [4.69, 9.17) is 16.3 Å². The molecule has 0 bridgehead atoms. The van der Waals surface area contributed by atoms with Crippen molar-refractivity contribution >= 4 is 40.5 Å².